The van der Waals surface area contributed by atoms with Crippen molar-refractivity contribution in [3.05, 3.63) is 64.2 Å². The van der Waals surface area contributed by atoms with Crippen LogP contribution in [0, 0.1) is 10.1 Å². The second-order valence-electron chi connectivity index (χ2n) is 5.35. The van der Waals surface area contributed by atoms with Crippen molar-refractivity contribution in [2.75, 3.05) is 12.5 Å². The van der Waals surface area contributed by atoms with Crippen molar-refractivity contribution in [1.82, 2.24) is 14.9 Å². The van der Waals surface area contributed by atoms with Crippen molar-refractivity contribution in [1.29, 1.82) is 0 Å². The van der Waals surface area contributed by atoms with E-state index in [2.05, 4.69) is 15.6 Å². The molecule has 2 heterocycles. The van der Waals surface area contributed by atoms with Gasteiger partial charge in [-0.2, -0.15) is 0 Å². The van der Waals surface area contributed by atoms with E-state index >= 15 is 0 Å². The molecule has 9 heteroatoms. The number of non-ortho nitro benzene ring substituents is 1. The normalized spacial score (nSPS) is 15.5. The molecule has 126 valence electrons. The lowest BCUT2D eigenvalue weighted by molar-refractivity contribution is -0.384. The van der Waals surface area contributed by atoms with Gasteiger partial charge in [0.2, 0.25) is 5.16 Å². The van der Waals surface area contributed by atoms with Crippen molar-refractivity contribution in [3.63, 3.8) is 0 Å². The van der Waals surface area contributed by atoms with Crippen LogP contribution in [0.3, 0.4) is 0 Å². The molecule has 2 aromatic carbocycles. The highest BCUT2D eigenvalue weighted by atomic mass is 32.2. The van der Waals surface area contributed by atoms with Gasteiger partial charge in [-0.3, -0.25) is 10.1 Å². The first-order chi connectivity index (χ1) is 12.2. The Hall–Kier alpha value is -3.07. The lowest BCUT2D eigenvalue weighted by Gasteiger charge is -2.12. The molecule has 1 aliphatic rings. The van der Waals surface area contributed by atoms with E-state index in [0.717, 1.165) is 22.0 Å². The zero-order valence-electron chi connectivity index (χ0n) is 13.1. The monoisotopic (exact) mass is 355 g/mol. The molecule has 1 atom stereocenters. The van der Waals surface area contributed by atoms with Crippen LogP contribution in [0.5, 0.6) is 5.75 Å². The standard InChI is InChI=1S/C16H13N5O3S/c1-24-13-8-4-11(5-9-13)15-19-20-14(17-18-16(20)25-15)10-2-6-12(7-3-10)21(22)23/h2-9,15,19H,1H3/t15-/m1/s1. The van der Waals surface area contributed by atoms with E-state index in [-0.39, 0.29) is 11.1 Å². The molecule has 0 spiro atoms. The number of nitrogens with one attached hydrogen (secondary N) is 1. The van der Waals surface area contributed by atoms with Crippen LogP contribution in [0.2, 0.25) is 0 Å². The number of rotatable bonds is 4. The van der Waals surface area contributed by atoms with E-state index in [1.54, 1.807) is 35.7 Å². The van der Waals surface area contributed by atoms with Gasteiger partial charge in [0.05, 0.1) is 12.0 Å². The van der Waals surface area contributed by atoms with Crippen LogP contribution in [-0.4, -0.2) is 26.9 Å². The van der Waals surface area contributed by atoms with Gasteiger partial charge in [0.15, 0.2) is 5.82 Å². The molecule has 1 aromatic heterocycles. The minimum atomic E-state index is -0.425. The number of thioether (sulfide) groups is 1. The second-order valence-corrected chi connectivity index (χ2v) is 6.42. The van der Waals surface area contributed by atoms with Crippen LogP contribution in [-0.2, 0) is 0 Å². The molecule has 0 radical (unpaired) electrons. The van der Waals surface area contributed by atoms with E-state index in [1.807, 2.05) is 24.3 Å². The highest BCUT2D eigenvalue weighted by Crippen LogP contribution is 2.40. The summed E-state index contributed by atoms with van der Waals surface area (Å²) in [5, 5.41) is 19.9. The third-order valence-corrected chi connectivity index (χ3v) is 4.95. The van der Waals surface area contributed by atoms with Gasteiger partial charge in [0, 0.05) is 17.7 Å². The number of nitrogens with zero attached hydrogens (tertiary/aromatic N) is 4. The number of benzene rings is 2. The highest BCUT2D eigenvalue weighted by Gasteiger charge is 2.28. The maximum absolute atomic E-state index is 10.8. The molecule has 25 heavy (non-hydrogen) atoms. The molecular formula is C16H13N5O3S. The third-order valence-electron chi connectivity index (χ3n) is 3.86. The van der Waals surface area contributed by atoms with Gasteiger partial charge in [0.25, 0.3) is 5.69 Å². The Balaban J connectivity index is 1.59. The van der Waals surface area contributed by atoms with E-state index in [1.165, 1.54) is 12.1 Å². The first-order valence-corrected chi connectivity index (χ1v) is 8.31. The number of nitro groups is 1. The Kier molecular flexibility index (Phi) is 3.77. The fourth-order valence-corrected chi connectivity index (χ4v) is 3.55. The van der Waals surface area contributed by atoms with Crippen molar-refractivity contribution < 1.29 is 9.66 Å². The summed E-state index contributed by atoms with van der Waals surface area (Å²) < 4.78 is 6.99. The zero-order chi connectivity index (χ0) is 17.4. The third kappa shape index (κ3) is 2.78. The van der Waals surface area contributed by atoms with E-state index in [4.69, 9.17) is 4.74 Å². The Morgan fingerprint density at radius 2 is 1.88 bits per heavy atom. The van der Waals surface area contributed by atoms with Crippen molar-refractivity contribution >= 4 is 17.4 Å². The lowest BCUT2D eigenvalue weighted by atomic mass is 10.2. The molecule has 0 fully saturated rings. The highest BCUT2D eigenvalue weighted by molar-refractivity contribution is 7.99. The first-order valence-electron chi connectivity index (χ1n) is 7.43. The lowest BCUT2D eigenvalue weighted by Crippen LogP contribution is -2.13. The number of fused-ring (bicyclic) bond motifs is 1. The molecule has 0 saturated carbocycles. The van der Waals surface area contributed by atoms with Gasteiger partial charge < -0.3 is 10.2 Å². The van der Waals surface area contributed by atoms with Crippen LogP contribution >= 0.6 is 11.8 Å². The predicted molar refractivity (Wildman–Crippen MR) is 93.1 cm³/mol. The maximum Gasteiger partial charge on any atom is 0.269 e. The largest absolute Gasteiger partial charge is 0.497 e. The van der Waals surface area contributed by atoms with Crippen LogP contribution in [0.15, 0.2) is 53.7 Å². The van der Waals surface area contributed by atoms with Gasteiger partial charge in [-0.05, 0) is 29.8 Å². The van der Waals surface area contributed by atoms with Gasteiger partial charge in [-0.15, -0.1) is 10.2 Å². The number of nitro benzene ring substituents is 1. The van der Waals surface area contributed by atoms with Crippen LogP contribution in [0.1, 0.15) is 10.9 Å². The van der Waals surface area contributed by atoms with Gasteiger partial charge >= 0.3 is 0 Å². The quantitative estimate of drug-likeness (QED) is 0.567. The van der Waals surface area contributed by atoms with E-state index in [9.17, 15) is 10.1 Å². The average Bonchev–Trinajstić information content (AvgIpc) is 3.22. The molecule has 3 aromatic rings. The number of hydrogen-bond acceptors (Lipinski definition) is 7. The topological polar surface area (TPSA) is 95.1 Å². The van der Waals surface area contributed by atoms with Crippen molar-refractivity contribution in [3.8, 4) is 17.1 Å². The molecule has 8 nitrogen and oxygen atoms in total. The summed E-state index contributed by atoms with van der Waals surface area (Å²) in [4.78, 5) is 10.4. The zero-order valence-corrected chi connectivity index (χ0v) is 13.9. The molecule has 0 bridgehead atoms. The van der Waals surface area contributed by atoms with Crippen molar-refractivity contribution in [2.24, 2.45) is 0 Å². The van der Waals surface area contributed by atoms with Gasteiger partial charge in [-0.1, -0.05) is 23.9 Å². The second kappa shape index (κ2) is 6.10. The summed E-state index contributed by atoms with van der Waals surface area (Å²) in [5.41, 5.74) is 5.24. The maximum atomic E-state index is 10.8. The molecule has 0 unspecified atom stereocenters. The Morgan fingerprint density at radius 3 is 2.52 bits per heavy atom. The smallest absolute Gasteiger partial charge is 0.269 e. The van der Waals surface area contributed by atoms with Crippen LogP contribution < -0.4 is 10.2 Å². The molecule has 4 rings (SSSR count). The Labute approximate surface area is 147 Å². The number of aromatic nitrogens is 3. The fourth-order valence-electron chi connectivity index (χ4n) is 2.55. The van der Waals surface area contributed by atoms with Gasteiger partial charge in [0.1, 0.15) is 11.1 Å². The predicted octanol–water partition coefficient (Wildman–Crippen LogP) is 3.21. The Bertz CT molecular complexity index is 924. The molecule has 0 saturated heterocycles. The SMILES string of the molecule is COc1ccc([C@@H]2Nn3c(nnc3-c3ccc([N+](=O)[O-])cc3)S2)cc1. The fraction of sp³-hybridized carbons (Fsp3) is 0.125. The van der Waals surface area contributed by atoms with Crippen molar-refractivity contribution in [2.45, 2.75) is 10.5 Å². The minimum absolute atomic E-state index is 0.00760. The van der Waals surface area contributed by atoms with Crippen LogP contribution in [0.25, 0.3) is 11.4 Å². The number of ether oxygens (including phenoxy) is 1. The summed E-state index contributed by atoms with van der Waals surface area (Å²) in [5.74, 6) is 1.42. The summed E-state index contributed by atoms with van der Waals surface area (Å²) in [6.45, 7) is 0. The van der Waals surface area contributed by atoms with E-state index < -0.39 is 4.92 Å². The molecule has 0 aliphatic carbocycles. The summed E-state index contributed by atoms with van der Waals surface area (Å²) >= 11 is 1.56. The summed E-state index contributed by atoms with van der Waals surface area (Å²) in [7, 11) is 1.63. The molecular weight excluding hydrogens is 342 g/mol. The molecule has 1 N–H and O–H groups in total. The van der Waals surface area contributed by atoms with E-state index in [0.29, 0.717) is 5.82 Å². The number of hydrogen-bond donors (Lipinski definition) is 1. The average molecular weight is 355 g/mol. The minimum Gasteiger partial charge on any atom is -0.497 e. The molecule has 1 aliphatic heterocycles. The summed E-state index contributed by atoms with van der Waals surface area (Å²) in [6, 6.07) is 14.1. The van der Waals surface area contributed by atoms with Crippen LogP contribution in [0.4, 0.5) is 5.69 Å². The first kappa shape index (κ1) is 15.5. The molecule has 0 amide bonds. The number of methoxy groups -OCH3 is 1. The Morgan fingerprint density at radius 1 is 1.16 bits per heavy atom. The van der Waals surface area contributed by atoms with Gasteiger partial charge in [-0.25, -0.2) is 4.68 Å². The summed E-state index contributed by atoms with van der Waals surface area (Å²) in [6.07, 6.45) is 0.